The Balaban J connectivity index is 1.72. The molecule has 0 atom stereocenters. The summed E-state index contributed by atoms with van der Waals surface area (Å²) in [7, 11) is -3.78. The first-order valence-electron chi connectivity index (χ1n) is 7.48. The van der Waals surface area contributed by atoms with Gasteiger partial charge in [-0.3, -0.25) is 4.72 Å². The molecule has 0 unspecified atom stereocenters. The molecule has 7 heteroatoms. The summed E-state index contributed by atoms with van der Waals surface area (Å²) in [6.07, 6.45) is 1.50. The van der Waals surface area contributed by atoms with E-state index in [2.05, 4.69) is 4.72 Å². The predicted octanol–water partition coefficient (Wildman–Crippen LogP) is 4.11. The number of ether oxygens (including phenoxy) is 1. The molecule has 1 aromatic heterocycles. The van der Waals surface area contributed by atoms with Crippen LogP contribution in [0.3, 0.4) is 0 Å². The molecule has 0 saturated heterocycles. The summed E-state index contributed by atoms with van der Waals surface area (Å²) < 4.78 is 51.5. The SMILES string of the molecule is Cc1ccc(S(=O)(=O)Nc2ccc(OCc3ccco3)c(F)c2)cc1. The van der Waals surface area contributed by atoms with Crippen molar-refractivity contribution in [3.05, 3.63) is 78.0 Å². The van der Waals surface area contributed by atoms with Gasteiger partial charge in [-0.25, -0.2) is 12.8 Å². The summed E-state index contributed by atoms with van der Waals surface area (Å²) in [5.41, 5.74) is 1.06. The normalized spacial score (nSPS) is 11.3. The van der Waals surface area contributed by atoms with E-state index in [-0.39, 0.29) is 22.9 Å². The average Bonchev–Trinajstić information content (AvgIpc) is 3.07. The molecule has 130 valence electrons. The molecule has 0 bridgehead atoms. The van der Waals surface area contributed by atoms with Crippen molar-refractivity contribution in [1.82, 2.24) is 0 Å². The lowest BCUT2D eigenvalue weighted by molar-refractivity contribution is 0.259. The van der Waals surface area contributed by atoms with Crippen LogP contribution in [0.15, 0.2) is 70.2 Å². The maximum Gasteiger partial charge on any atom is 0.261 e. The largest absolute Gasteiger partial charge is 0.483 e. The Labute approximate surface area is 145 Å². The summed E-state index contributed by atoms with van der Waals surface area (Å²) in [5.74, 6) is -0.103. The van der Waals surface area contributed by atoms with E-state index in [1.54, 1.807) is 24.3 Å². The lowest BCUT2D eigenvalue weighted by atomic mass is 10.2. The second kappa shape index (κ2) is 6.98. The fourth-order valence-electron chi connectivity index (χ4n) is 2.16. The Bertz CT molecular complexity index is 951. The molecule has 0 fully saturated rings. The zero-order chi connectivity index (χ0) is 17.9. The van der Waals surface area contributed by atoms with Crippen molar-refractivity contribution in [2.24, 2.45) is 0 Å². The van der Waals surface area contributed by atoms with E-state index in [0.29, 0.717) is 5.76 Å². The quantitative estimate of drug-likeness (QED) is 0.717. The van der Waals surface area contributed by atoms with E-state index in [1.807, 2.05) is 6.92 Å². The van der Waals surface area contributed by atoms with Crippen molar-refractivity contribution in [2.75, 3.05) is 4.72 Å². The zero-order valence-electron chi connectivity index (χ0n) is 13.4. The number of rotatable bonds is 6. The van der Waals surface area contributed by atoms with Crippen molar-refractivity contribution >= 4 is 15.7 Å². The molecule has 3 aromatic rings. The van der Waals surface area contributed by atoms with Gasteiger partial charge in [-0.05, 0) is 43.3 Å². The van der Waals surface area contributed by atoms with Gasteiger partial charge in [-0.15, -0.1) is 0 Å². The molecule has 5 nitrogen and oxygen atoms in total. The van der Waals surface area contributed by atoms with Crippen molar-refractivity contribution in [3.63, 3.8) is 0 Å². The summed E-state index contributed by atoms with van der Waals surface area (Å²) in [6, 6.07) is 13.7. The molecule has 25 heavy (non-hydrogen) atoms. The summed E-state index contributed by atoms with van der Waals surface area (Å²) >= 11 is 0. The number of sulfonamides is 1. The molecule has 0 spiro atoms. The second-order valence-electron chi connectivity index (χ2n) is 5.43. The van der Waals surface area contributed by atoms with Gasteiger partial charge in [-0.2, -0.15) is 0 Å². The molecule has 0 aliphatic rings. The highest BCUT2D eigenvalue weighted by atomic mass is 32.2. The van der Waals surface area contributed by atoms with E-state index in [9.17, 15) is 12.8 Å². The van der Waals surface area contributed by atoms with Gasteiger partial charge in [0, 0.05) is 6.07 Å². The first-order valence-corrected chi connectivity index (χ1v) is 8.96. The van der Waals surface area contributed by atoms with Gasteiger partial charge in [-0.1, -0.05) is 17.7 Å². The summed E-state index contributed by atoms with van der Waals surface area (Å²) in [6.45, 7) is 1.94. The van der Waals surface area contributed by atoms with Gasteiger partial charge in [0.05, 0.1) is 16.8 Å². The van der Waals surface area contributed by atoms with Crippen LogP contribution < -0.4 is 9.46 Å². The van der Waals surface area contributed by atoms with Crippen molar-refractivity contribution < 1.29 is 22.0 Å². The van der Waals surface area contributed by atoms with Gasteiger partial charge in [0.2, 0.25) is 0 Å². The van der Waals surface area contributed by atoms with E-state index < -0.39 is 15.8 Å². The molecule has 1 heterocycles. The van der Waals surface area contributed by atoms with Crippen LogP contribution in [-0.2, 0) is 16.6 Å². The fraction of sp³-hybridized carbons (Fsp3) is 0.111. The Morgan fingerprint density at radius 1 is 1.12 bits per heavy atom. The lowest BCUT2D eigenvalue weighted by Gasteiger charge is -2.10. The first kappa shape index (κ1) is 17.0. The highest BCUT2D eigenvalue weighted by Gasteiger charge is 2.15. The van der Waals surface area contributed by atoms with Crippen LogP contribution in [0.25, 0.3) is 0 Å². The number of halogens is 1. The number of aryl methyl sites for hydroxylation is 1. The van der Waals surface area contributed by atoms with Crippen LogP contribution in [0.2, 0.25) is 0 Å². The van der Waals surface area contributed by atoms with E-state index in [1.165, 1.54) is 30.5 Å². The number of hydrogen-bond acceptors (Lipinski definition) is 4. The van der Waals surface area contributed by atoms with Crippen LogP contribution >= 0.6 is 0 Å². The molecule has 2 aromatic carbocycles. The topological polar surface area (TPSA) is 68.5 Å². The Morgan fingerprint density at radius 3 is 2.52 bits per heavy atom. The van der Waals surface area contributed by atoms with E-state index in [4.69, 9.17) is 9.15 Å². The monoisotopic (exact) mass is 361 g/mol. The minimum atomic E-state index is -3.78. The van der Waals surface area contributed by atoms with Gasteiger partial charge < -0.3 is 9.15 Å². The number of benzene rings is 2. The molecule has 0 saturated carbocycles. The number of anilines is 1. The fourth-order valence-corrected chi connectivity index (χ4v) is 3.21. The van der Waals surface area contributed by atoms with Crippen molar-refractivity contribution in [3.8, 4) is 5.75 Å². The Hall–Kier alpha value is -2.80. The van der Waals surface area contributed by atoms with Crippen LogP contribution in [-0.4, -0.2) is 8.42 Å². The highest BCUT2D eigenvalue weighted by molar-refractivity contribution is 7.92. The standard InChI is InChI=1S/C18H16FNO4S/c1-13-4-7-16(8-5-13)25(21,22)20-14-6-9-18(17(19)11-14)24-12-15-3-2-10-23-15/h2-11,20H,12H2,1H3. The smallest absolute Gasteiger partial charge is 0.261 e. The van der Waals surface area contributed by atoms with Crippen LogP contribution in [0, 0.1) is 12.7 Å². The third-order valence-electron chi connectivity index (χ3n) is 3.47. The summed E-state index contributed by atoms with van der Waals surface area (Å²) in [4.78, 5) is 0.108. The van der Waals surface area contributed by atoms with Gasteiger partial charge in [0.15, 0.2) is 11.6 Å². The highest BCUT2D eigenvalue weighted by Crippen LogP contribution is 2.24. The number of nitrogens with one attached hydrogen (secondary N) is 1. The van der Waals surface area contributed by atoms with Crippen LogP contribution in [0.4, 0.5) is 10.1 Å². The van der Waals surface area contributed by atoms with Gasteiger partial charge >= 0.3 is 0 Å². The number of hydrogen-bond donors (Lipinski definition) is 1. The third-order valence-corrected chi connectivity index (χ3v) is 4.86. The van der Waals surface area contributed by atoms with Crippen LogP contribution in [0.5, 0.6) is 5.75 Å². The maximum absolute atomic E-state index is 14.1. The molecular formula is C18H16FNO4S. The molecule has 3 rings (SSSR count). The van der Waals surface area contributed by atoms with Crippen molar-refractivity contribution in [1.29, 1.82) is 0 Å². The molecule has 0 radical (unpaired) electrons. The maximum atomic E-state index is 14.1. The van der Waals surface area contributed by atoms with Gasteiger partial charge in [0.25, 0.3) is 10.0 Å². The van der Waals surface area contributed by atoms with Crippen molar-refractivity contribution in [2.45, 2.75) is 18.4 Å². The minimum Gasteiger partial charge on any atom is -0.483 e. The van der Waals surface area contributed by atoms with E-state index in [0.717, 1.165) is 11.6 Å². The second-order valence-corrected chi connectivity index (χ2v) is 7.11. The molecule has 0 amide bonds. The zero-order valence-corrected chi connectivity index (χ0v) is 14.2. The lowest BCUT2D eigenvalue weighted by Crippen LogP contribution is -2.13. The molecule has 0 aliphatic heterocycles. The van der Waals surface area contributed by atoms with Crippen LogP contribution in [0.1, 0.15) is 11.3 Å². The molecule has 1 N–H and O–H groups in total. The third kappa shape index (κ3) is 4.19. The van der Waals surface area contributed by atoms with E-state index >= 15 is 0 Å². The predicted molar refractivity (Wildman–Crippen MR) is 91.4 cm³/mol. The molecular weight excluding hydrogens is 345 g/mol. The average molecular weight is 361 g/mol. The minimum absolute atomic E-state index is 0.00897. The Kier molecular flexibility index (Phi) is 4.76. The Morgan fingerprint density at radius 2 is 1.88 bits per heavy atom. The first-order chi connectivity index (χ1) is 11.9. The number of furan rings is 1. The summed E-state index contributed by atoms with van der Waals surface area (Å²) in [5, 5.41) is 0. The van der Waals surface area contributed by atoms with Gasteiger partial charge in [0.1, 0.15) is 12.4 Å². The molecule has 0 aliphatic carbocycles.